The number of fused-ring (bicyclic) bond motifs is 1. The van der Waals surface area contributed by atoms with Gasteiger partial charge in [0.1, 0.15) is 17.2 Å². The lowest BCUT2D eigenvalue weighted by Gasteiger charge is -2.34. The summed E-state index contributed by atoms with van der Waals surface area (Å²) in [5.41, 5.74) is 0.475. The van der Waals surface area contributed by atoms with Crippen molar-refractivity contribution in [2.24, 2.45) is 17.8 Å². The number of esters is 1. The van der Waals surface area contributed by atoms with E-state index in [1.807, 2.05) is 20.8 Å². The maximum atomic E-state index is 13.8. The Morgan fingerprint density at radius 2 is 1.75 bits per heavy atom. The molecule has 1 aliphatic carbocycles. The average molecular weight is 555 g/mol. The monoisotopic (exact) mass is 554 g/mol. The summed E-state index contributed by atoms with van der Waals surface area (Å²) in [7, 11) is 0. The Bertz CT molecular complexity index is 1200. The highest BCUT2D eigenvalue weighted by Crippen LogP contribution is 2.40. The van der Waals surface area contributed by atoms with Crippen molar-refractivity contribution in [1.29, 1.82) is 0 Å². The Kier molecular flexibility index (Phi) is 8.68. The largest absolute Gasteiger partial charge is 0.460 e. The standard InChI is InChI=1S/C31H42N2O7/c1-31(2,3)40-30(36)33-14-11-24(21-7-5-4-6-8-21)27(33)28(34)32-23-9-10-25-22(17-23)18-26(39-25)29(35)38-19-20-12-15-37-16-13-20/h9-10,17-18,20-21,24,27H,4-8,11-16,19H2,1-3H3,(H,32,34)/t24-,27-/m0/s1. The number of hydrogen-bond acceptors (Lipinski definition) is 7. The van der Waals surface area contributed by atoms with Gasteiger partial charge in [0.25, 0.3) is 0 Å². The van der Waals surface area contributed by atoms with Crippen molar-refractivity contribution in [3.63, 3.8) is 0 Å². The van der Waals surface area contributed by atoms with E-state index in [2.05, 4.69) is 5.32 Å². The van der Waals surface area contributed by atoms with E-state index >= 15 is 0 Å². The Morgan fingerprint density at radius 1 is 1.00 bits per heavy atom. The molecule has 3 heterocycles. The van der Waals surface area contributed by atoms with E-state index in [1.54, 1.807) is 29.2 Å². The van der Waals surface area contributed by atoms with Crippen LogP contribution in [0.15, 0.2) is 28.7 Å². The molecule has 1 aromatic heterocycles. The van der Waals surface area contributed by atoms with Crippen LogP contribution >= 0.6 is 0 Å². The summed E-state index contributed by atoms with van der Waals surface area (Å²) >= 11 is 0. The first-order valence-electron chi connectivity index (χ1n) is 14.8. The number of carbonyl (C=O) groups excluding carboxylic acids is 3. The van der Waals surface area contributed by atoms with Crippen LogP contribution in [0.5, 0.6) is 0 Å². The number of hydrogen-bond donors (Lipinski definition) is 1. The van der Waals surface area contributed by atoms with Gasteiger partial charge in [-0.3, -0.25) is 9.69 Å². The molecule has 9 heteroatoms. The van der Waals surface area contributed by atoms with E-state index in [-0.39, 0.29) is 17.6 Å². The van der Waals surface area contributed by atoms with Gasteiger partial charge in [-0.15, -0.1) is 0 Å². The van der Waals surface area contributed by atoms with Crippen molar-refractivity contribution in [2.45, 2.75) is 83.8 Å². The Labute approximate surface area is 235 Å². The highest BCUT2D eigenvalue weighted by atomic mass is 16.6. The van der Waals surface area contributed by atoms with Gasteiger partial charge >= 0.3 is 12.1 Å². The van der Waals surface area contributed by atoms with Gasteiger partial charge in [0, 0.05) is 30.8 Å². The number of likely N-dealkylation sites (tertiary alicyclic amines) is 1. The highest BCUT2D eigenvalue weighted by Gasteiger charge is 2.46. The van der Waals surface area contributed by atoms with Crippen molar-refractivity contribution in [3.8, 4) is 0 Å². The molecular formula is C31H42N2O7. The summed E-state index contributed by atoms with van der Waals surface area (Å²) in [4.78, 5) is 41.1. The predicted molar refractivity (Wildman–Crippen MR) is 150 cm³/mol. The first-order valence-corrected chi connectivity index (χ1v) is 14.8. The second-order valence-electron chi connectivity index (χ2n) is 12.5. The van der Waals surface area contributed by atoms with E-state index < -0.39 is 23.7 Å². The molecule has 2 amide bonds. The van der Waals surface area contributed by atoms with E-state index in [0.29, 0.717) is 54.9 Å². The molecule has 3 fully saturated rings. The molecule has 0 unspecified atom stereocenters. The molecule has 2 aliphatic heterocycles. The van der Waals surface area contributed by atoms with Crippen LogP contribution in [0, 0.1) is 17.8 Å². The minimum Gasteiger partial charge on any atom is -0.460 e. The van der Waals surface area contributed by atoms with Crippen LogP contribution in [-0.4, -0.2) is 60.9 Å². The number of ether oxygens (including phenoxy) is 3. The van der Waals surface area contributed by atoms with Gasteiger partial charge in [0.2, 0.25) is 11.7 Å². The van der Waals surface area contributed by atoms with Crippen molar-refractivity contribution in [2.75, 3.05) is 31.7 Å². The summed E-state index contributed by atoms with van der Waals surface area (Å²) in [6, 6.07) is 6.33. The zero-order valence-corrected chi connectivity index (χ0v) is 23.9. The summed E-state index contributed by atoms with van der Waals surface area (Å²) in [6.45, 7) is 7.75. The van der Waals surface area contributed by atoms with E-state index in [4.69, 9.17) is 18.6 Å². The molecule has 218 valence electrons. The van der Waals surface area contributed by atoms with Crippen LogP contribution in [0.3, 0.4) is 0 Å². The van der Waals surface area contributed by atoms with Crippen molar-refractivity contribution >= 4 is 34.6 Å². The summed E-state index contributed by atoms with van der Waals surface area (Å²) in [5.74, 6) is 0.248. The predicted octanol–water partition coefficient (Wildman–Crippen LogP) is 6.16. The quantitative estimate of drug-likeness (QED) is 0.426. The van der Waals surface area contributed by atoms with Gasteiger partial charge in [-0.1, -0.05) is 32.1 Å². The van der Waals surface area contributed by atoms with Gasteiger partial charge in [0.15, 0.2) is 0 Å². The molecular weight excluding hydrogens is 512 g/mol. The number of nitrogens with zero attached hydrogens (tertiary/aromatic N) is 1. The number of furan rings is 1. The maximum Gasteiger partial charge on any atom is 0.410 e. The molecule has 5 rings (SSSR count). The van der Waals surface area contributed by atoms with Gasteiger partial charge in [-0.25, -0.2) is 9.59 Å². The number of nitrogens with one attached hydrogen (secondary N) is 1. The maximum absolute atomic E-state index is 13.8. The minimum atomic E-state index is -0.642. The molecule has 0 bridgehead atoms. The summed E-state index contributed by atoms with van der Waals surface area (Å²) in [6.07, 6.45) is 7.84. The third kappa shape index (κ3) is 6.79. The second kappa shape index (κ2) is 12.2. The first kappa shape index (κ1) is 28.5. The molecule has 1 aromatic carbocycles. The molecule has 2 atom stereocenters. The second-order valence-corrected chi connectivity index (χ2v) is 12.5. The van der Waals surface area contributed by atoms with Crippen molar-refractivity contribution in [1.82, 2.24) is 4.90 Å². The molecule has 2 aromatic rings. The van der Waals surface area contributed by atoms with Gasteiger partial charge in [-0.2, -0.15) is 0 Å². The molecule has 40 heavy (non-hydrogen) atoms. The van der Waals surface area contributed by atoms with Gasteiger partial charge in [-0.05, 0) is 82.1 Å². The fraction of sp³-hybridized carbons (Fsp3) is 0.645. The topological polar surface area (TPSA) is 107 Å². The Hall–Kier alpha value is -3.07. The molecule has 0 spiro atoms. The summed E-state index contributed by atoms with van der Waals surface area (Å²) in [5, 5.41) is 3.73. The Morgan fingerprint density at radius 3 is 2.48 bits per heavy atom. The van der Waals surface area contributed by atoms with Crippen molar-refractivity contribution < 1.29 is 33.0 Å². The normalized spacial score (nSPS) is 22.8. The van der Waals surface area contributed by atoms with Crippen LogP contribution in [0.4, 0.5) is 10.5 Å². The lowest BCUT2D eigenvalue weighted by Crippen LogP contribution is -2.49. The number of anilines is 1. The third-order valence-corrected chi connectivity index (χ3v) is 8.37. The van der Waals surface area contributed by atoms with Crippen LogP contribution < -0.4 is 5.32 Å². The highest BCUT2D eigenvalue weighted by molar-refractivity contribution is 5.99. The molecule has 9 nitrogen and oxygen atoms in total. The zero-order chi connectivity index (χ0) is 28.3. The lowest BCUT2D eigenvalue weighted by molar-refractivity contribution is -0.122. The van der Waals surface area contributed by atoms with Crippen LogP contribution in [0.25, 0.3) is 11.0 Å². The smallest absolute Gasteiger partial charge is 0.410 e. The Balaban J connectivity index is 1.29. The number of carbonyl (C=O) groups is 3. The molecule has 1 saturated carbocycles. The van der Waals surface area contributed by atoms with Crippen LogP contribution in [0.2, 0.25) is 0 Å². The molecule has 2 saturated heterocycles. The number of benzene rings is 1. The molecule has 1 N–H and O–H groups in total. The lowest BCUT2D eigenvalue weighted by atomic mass is 9.76. The zero-order valence-electron chi connectivity index (χ0n) is 23.9. The first-order chi connectivity index (χ1) is 19.2. The number of amides is 2. The fourth-order valence-corrected chi connectivity index (χ4v) is 6.35. The van der Waals surface area contributed by atoms with E-state index in [0.717, 1.165) is 32.1 Å². The molecule has 0 radical (unpaired) electrons. The van der Waals surface area contributed by atoms with Gasteiger partial charge < -0.3 is 23.9 Å². The van der Waals surface area contributed by atoms with Crippen molar-refractivity contribution in [3.05, 3.63) is 30.0 Å². The van der Waals surface area contributed by atoms with Crippen LogP contribution in [0.1, 0.15) is 82.7 Å². The third-order valence-electron chi connectivity index (χ3n) is 8.37. The van der Waals surface area contributed by atoms with Gasteiger partial charge in [0.05, 0.1) is 6.61 Å². The number of rotatable bonds is 6. The minimum absolute atomic E-state index is 0.0996. The van der Waals surface area contributed by atoms with E-state index in [9.17, 15) is 14.4 Å². The summed E-state index contributed by atoms with van der Waals surface area (Å²) < 4.78 is 22.3. The SMILES string of the molecule is CC(C)(C)OC(=O)N1CC[C@@H](C2CCCCC2)[C@H]1C(=O)Nc1ccc2oc(C(=O)OCC3CCOCC3)cc2c1. The average Bonchev–Trinajstić information content (AvgIpc) is 3.57. The van der Waals surface area contributed by atoms with E-state index in [1.165, 1.54) is 19.3 Å². The molecule has 3 aliphatic rings. The fourth-order valence-electron chi connectivity index (χ4n) is 6.35. The van der Waals surface area contributed by atoms with Crippen LogP contribution in [-0.2, 0) is 19.0 Å².